The van der Waals surface area contributed by atoms with E-state index in [1.54, 1.807) is 0 Å². The number of hydrogen-bond acceptors (Lipinski definition) is 2. The summed E-state index contributed by atoms with van der Waals surface area (Å²) in [5.41, 5.74) is 1.95. The normalized spacial score (nSPS) is 25.8. The molecule has 0 saturated heterocycles. The van der Waals surface area contributed by atoms with Gasteiger partial charge in [0.1, 0.15) is 0 Å². The van der Waals surface area contributed by atoms with Crippen molar-refractivity contribution in [2.45, 2.75) is 132 Å². The quantitative estimate of drug-likeness (QED) is 0.430. The van der Waals surface area contributed by atoms with Crippen molar-refractivity contribution in [2.24, 2.45) is 22.7 Å². The van der Waals surface area contributed by atoms with Gasteiger partial charge in [-0.3, -0.25) is 0 Å². The van der Waals surface area contributed by atoms with E-state index in [9.17, 15) is 10.2 Å². The number of rotatable bonds is 6. The van der Waals surface area contributed by atoms with E-state index in [4.69, 9.17) is 0 Å². The van der Waals surface area contributed by atoms with E-state index in [1.807, 2.05) is 13.8 Å². The Labute approximate surface area is 188 Å². The largest absolute Gasteiger partial charge is 0.386 e. The Kier molecular flexibility index (Phi) is 9.46. The maximum Gasteiger partial charge on any atom is 0.0854 e. The van der Waals surface area contributed by atoms with Crippen molar-refractivity contribution in [3.8, 4) is 0 Å². The first-order chi connectivity index (χ1) is 13.5. The second-order valence-electron chi connectivity index (χ2n) is 12.4. The summed E-state index contributed by atoms with van der Waals surface area (Å²) in [5, 5.41) is 21.0. The first-order valence-electron chi connectivity index (χ1n) is 12.4. The molecule has 0 aromatic carbocycles. The summed E-state index contributed by atoms with van der Waals surface area (Å²) in [6.07, 6.45) is 13.4. The predicted octanol–water partition coefficient (Wildman–Crippen LogP) is 7.84. The van der Waals surface area contributed by atoms with E-state index >= 15 is 0 Å². The smallest absolute Gasteiger partial charge is 0.0854 e. The highest BCUT2D eigenvalue weighted by atomic mass is 16.3. The van der Waals surface area contributed by atoms with Crippen molar-refractivity contribution >= 4 is 0 Å². The molecule has 30 heavy (non-hydrogen) atoms. The SMILES string of the molecule is CC(C)CC(C)(O)C1=CCCC(C)(C)C1.CCC(C)C(C)(O)C1=CC(C)(C)CCC1. The highest BCUT2D eigenvalue weighted by Gasteiger charge is 2.35. The van der Waals surface area contributed by atoms with Crippen LogP contribution >= 0.6 is 0 Å². The van der Waals surface area contributed by atoms with Gasteiger partial charge in [-0.2, -0.15) is 0 Å². The number of hydrogen-bond donors (Lipinski definition) is 2. The zero-order valence-corrected chi connectivity index (χ0v) is 21.9. The molecule has 0 amide bonds. The second-order valence-corrected chi connectivity index (χ2v) is 12.4. The van der Waals surface area contributed by atoms with Crippen LogP contribution in [-0.4, -0.2) is 21.4 Å². The van der Waals surface area contributed by atoms with Crippen LogP contribution in [0.15, 0.2) is 23.3 Å². The summed E-state index contributed by atoms with van der Waals surface area (Å²) in [6, 6.07) is 0. The minimum Gasteiger partial charge on any atom is -0.386 e. The number of aliphatic hydroxyl groups is 2. The van der Waals surface area contributed by atoms with Crippen molar-refractivity contribution in [3.63, 3.8) is 0 Å². The van der Waals surface area contributed by atoms with Crippen molar-refractivity contribution < 1.29 is 10.2 Å². The first kappa shape index (κ1) is 27.4. The van der Waals surface area contributed by atoms with Crippen LogP contribution in [0.1, 0.15) is 121 Å². The molecule has 2 aliphatic rings. The minimum atomic E-state index is -0.605. The summed E-state index contributed by atoms with van der Waals surface area (Å²) in [4.78, 5) is 0. The highest BCUT2D eigenvalue weighted by molar-refractivity contribution is 5.22. The molecule has 0 fully saturated rings. The Hall–Kier alpha value is -0.600. The van der Waals surface area contributed by atoms with Crippen molar-refractivity contribution in [1.29, 1.82) is 0 Å². The lowest BCUT2D eigenvalue weighted by atomic mass is 9.71. The molecule has 0 saturated carbocycles. The van der Waals surface area contributed by atoms with Gasteiger partial charge in [-0.25, -0.2) is 0 Å². The van der Waals surface area contributed by atoms with Crippen LogP contribution in [0.25, 0.3) is 0 Å². The van der Waals surface area contributed by atoms with Gasteiger partial charge in [0.2, 0.25) is 0 Å². The van der Waals surface area contributed by atoms with E-state index in [-0.39, 0.29) is 5.41 Å². The Morgan fingerprint density at radius 2 is 1.60 bits per heavy atom. The Morgan fingerprint density at radius 1 is 1.00 bits per heavy atom. The van der Waals surface area contributed by atoms with Crippen LogP contribution in [0, 0.1) is 22.7 Å². The molecule has 2 heteroatoms. The van der Waals surface area contributed by atoms with Gasteiger partial charge in [0.25, 0.3) is 0 Å². The molecule has 3 unspecified atom stereocenters. The molecule has 0 radical (unpaired) electrons. The molecule has 2 N–H and O–H groups in total. The van der Waals surface area contributed by atoms with Gasteiger partial charge in [-0.05, 0) is 92.6 Å². The zero-order valence-electron chi connectivity index (χ0n) is 21.9. The van der Waals surface area contributed by atoms with Crippen LogP contribution < -0.4 is 0 Å². The van der Waals surface area contributed by atoms with Crippen LogP contribution in [0.4, 0.5) is 0 Å². The maximum atomic E-state index is 10.6. The van der Waals surface area contributed by atoms with E-state index in [0.717, 1.165) is 32.1 Å². The maximum absolute atomic E-state index is 10.6. The summed E-state index contributed by atoms with van der Waals surface area (Å²) < 4.78 is 0. The van der Waals surface area contributed by atoms with Gasteiger partial charge in [0, 0.05) is 0 Å². The molecule has 0 aromatic rings. The molecule has 2 nitrogen and oxygen atoms in total. The van der Waals surface area contributed by atoms with Crippen LogP contribution in [0.3, 0.4) is 0 Å². The van der Waals surface area contributed by atoms with Gasteiger partial charge in [0.15, 0.2) is 0 Å². The second kappa shape index (κ2) is 10.3. The van der Waals surface area contributed by atoms with Crippen molar-refractivity contribution in [1.82, 2.24) is 0 Å². The van der Waals surface area contributed by atoms with Crippen LogP contribution in [-0.2, 0) is 0 Å². The fraction of sp³-hybridized carbons (Fsp3) is 0.857. The third kappa shape index (κ3) is 8.15. The Morgan fingerprint density at radius 3 is 2.07 bits per heavy atom. The molecular weight excluding hydrogens is 368 g/mol. The first-order valence-corrected chi connectivity index (χ1v) is 12.4. The topological polar surface area (TPSA) is 40.5 Å². The summed E-state index contributed by atoms with van der Waals surface area (Å²) in [7, 11) is 0. The minimum absolute atomic E-state index is 0.269. The van der Waals surface area contributed by atoms with E-state index in [2.05, 4.69) is 67.5 Å². The molecule has 0 aromatic heterocycles. The van der Waals surface area contributed by atoms with Crippen molar-refractivity contribution in [2.75, 3.05) is 0 Å². The third-order valence-electron chi connectivity index (χ3n) is 7.43. The third-order valence-corrected chi connectivity index (χ3v) is 7.43. The van der Waals surface area contributed by atoms with Gasteiger partial charge >= 0.3 is 0 Å². The summed E-state index contributed by atoms with van der Waals surface area (Å²) in [6.45, 7) is 21.7. The van der Waals surface area contributed by atoms with Gasteiger partial charge in [-0.15, -0.1) is 0 Å². The van der Waals surface area contributed by atoms with Crippen LogP contribution in [0.5, 0.6) is 0 Å². The average Bonchev–Trinajstić information content (AvgIpc) is 2.58. The highest BCUT2D eigenvalue weighted by Crippen LogP contribution is 2.41. The van der Waals surface area contributed by atoms with Gasteiger partial charge in [0.05, 0.1) is 11.2 Å². The lowest BCUT2D eigenvalue weighted by Gasteiger charge is -2.38. The lowest BCUT2D eigenvalue weighted by Crippen LogP contribution is -2.37. The fourth-order valence-corrected chi connectivity index (χ4v) is 5.11. The molecule has 0 bridgehead atoms. The molecule has 2 aliphatic carbocycles. The molecule has 176 valence electrons. The van der Waals surface area contributed by atoms with E-state index < -0.39 is 11.2 Å². The molecule has 0 heterocycles. The zero-order chi connectivity index (χ0) is 23.4. The van der Waals surface area contributed by atoms with Gasteiger partial charge in [-0.1, -0.05) is 74.0 Å². The average molecular weight is 421 g/mol. The Bertz CT molecular complexity index is 602. The molecular formula is C28H52O2. The molecule has 3 atom stereocenters. The van der Waals surface area contributed by atoms with Gasteiger partial charge < -0.3 is 10.2 Å². The molecule has 2 rings (SSSR count). The summed E-state index contributed by atoms with van der Waals surface area (Å²) >= 11 is 0. The monoisotopic (exact) mass is 420 g/mol. The standard InChI is InChI=1S/2C14H26O/c1-11(2)9-14(5,15)12-7-6-8-13(3,4)10-12;1-6-11(2)14(5,15)12-8-7-9-13(3,4)10-12/h7,11,15H,6,8-10H2,1-5H3;10-11,15H,6-9H2,1-5H3. The molecule has 0 spiro atoms. The van der Waals surface area contributed by atoms with Crippen LogP contribution in [0.2, 0.25) is 0 Å². The fourth-order valence-electron chi connectivity index (χ4n) is 5.11. The molecule has 0 aliphatic heterocycles. The number of allylic oxidation sites excluding steroid dienone is 2. The Balaban J connectivity index is 0.000000300. The van der Waals surface area contributed by atoms with Crippen molar-refractivity contribution in [3.05, 3.63) is 23.3 Å². The lowest BCUT2D eigenvalue weighted by molar-refractivity contribution is 0.0338. The summed E-state index contributed by atoms with van der Waals surface area (Å²) in [5.74, 6) is 0.892. The predicted molar refractivity (Wildman–Crippen MR) is 132 cm³/mol. The van der Waals surface area contributed by atoms with E-state index in [1.165, 1.54) is 30.4 Å². The van der Waals surface area contributed by atoms with E-state index in [0.29, 0.717) is 17.3 Å².